The highest BCUT2D eigenvalue weighted by Crippen LogP contribution is 2.25. The summed E-state index contributed by atoms with van der Waals surface area (Å²) in [7, 11) is 0. The third kappa shape index (κ3) is 1.53. The summed E-state index contributed by atoms with van der Waals surface area (Å²) in [6.07, 6.45) is 1.02. The van der Waals surface area contributed by atoms with Gasteiger partial charge in [-0.1, -0.05) is 31.2 Å². The van der Waals surface area contributed by atoms with Crippen LogP contribution in [0.2, 0.25) is 0 Å². The van der Waals surface area contributed by atoms with Gasteiger partial charge in [0.25, 0.3) is 0 Å². The van der Waals surface area contributed by atoms with Gasteiger partial charge in [-0.25, -0.2) is 4.98 Å². The molecule has 0 aliphatic rings. The Labute approximate surface area is 100 Å². The molecule has 0 atom stereocenters. The Morgan fingerprint density at radius 2 is 1.94 bits per heavy atom. The zero-order chi connectivity index (χ0) is 11.8. The van der Waals surface area contributed by atoms with E-state index in [1.54, 1.807) is 0 Å². The van der Waals surface area contributed by atoms with E-state index in [0.717, 1.165) is 28.5 Å². The number of nitrogens with zero attached hydrogens (tertiary/aromatic N) is 1. The van der Waals surface area contributed by atoms with Crippen molar-refractivity contribution in [2.24, 2.45) is 0 Å². The van der Waals surface area contributed by atoms with Crippen LogP contribution in [0.1, 0.15) is 12.5 Å². The third-order valence-electron chi connectivity index (χ3n) is 3.18. The predicted molar refractivity (Wildman–Crippen MR) is 73.0 cm³/mol. The van der Waals surface area contributed by atoms with E-state index >= 15 is 0 Å². The maximum Gasteiger partial charge on any atom is 0.0938 e. The summed E-state index contributed by atoms with van der Waals surface area (Å²) in [5.41, 5.74) is 9.95. The van der Waals surface area contributed by atoms with Crippen molar-refractivity contribution in [1.82, 2.24) is 4.98 Å². The van der Waals surface area contributed by atoms with Crippen LogP contribution in [0.4, 0.5) is 5.69 Å². The Hall–Kier alpha value is -2.09. The molecule has 2 N–H and O–H groups in total. The van der Waals surface area contributed by atoms with Crippen molar-refractivity contribution in [2.45, 2.75) is 13.3 Å². The molecule has 1 heterocycles. The number of benzene rings is 2. The van der Waals surface area contributed by atoms with Crippen LogP contribution in [0.25, 0.3) is 21.8 Å². The molecular weight excluding hydrogens is 208 g/mol. The molecule has 84 valence electrons. The van der Waals surface area contributed by atoms with Gasteiger partial charge >= 0.3 is 0 Å². The van der Waals surface area contributed by atoms with Gasteiger partial charge in [0.15, 0.2) is 0 Å². The molecule has 1 aromatic heterocycles. The van der Waals surface area contributed by atoms with Crippen LogP contribution in [-0.2, 0) is 6.42 Å². The standard InChI is InChI=1S/C15H14N2/c1-2-10-5-4-8-14-12(10)9-11-6-3-7-13(16)15(11)17-14/h3-9H,2,16H2,1H3. The number of nitrogen functional groups attached to an aromatic ring is 1. The van der Waals surface area contributed by atoms with Crippen molar-refractivity contribution in [1.29, 1.82) is 0 Å². The fourth-order valence-corrected chi connectivity index (χ4v) is 2.27. The van der Waals surface area contributed by atoms with Gasteiger partial charge in [-0.3, -0.25) is 0 Å². The first kappa shape index (κ1) is 10.1. The maximum absolute atomic E-state index is 5.96. The van der Waals surface area contributed by atoms with E-state index in [9.17, 15) is 0 Å². The molecule has 3 rings (SSSR count). The Morgan fingerprint density at radius 1 is 1.12 bits per heavy atom. The van der Waals surface area contributed by atoms with E-state index < -0.39 is 0 Å². The predicted octanol–water partition coefficient (Wildman–Crippen LogP) is 3.53. The second kappa shape index (κ2) is 3.74. The van der Waals surface area contributed by atoms with Crippen molar-refractivity contribution >= 4 is 27.5 Å². The molecule has 0 spiro atoms. The number of fused-ring (bicyclic) bond motifs is 2. The van der Waals surface area contributed by atoms with E-state index in [1.165, 1.54) is 10.9 Å². The van der Waals surface area contributed by atoms with Gasteiger partial charge in [-0.05, 0) is 30.2 Å². The summed E-state index contributed by atoms with van der Waals surface area (Å²) >= 11 is 0. The van der Waals surface area contributed by atoms with E-state index in [0.29, 0.717) is 0 Å². The van der Waals surface area contributed by atoms with Gasteiger partial charge in [0, 0.05) is 10.8 Å². The van der Waals surface area contributed by atoms with Crippen LogP contribution in [0.15, 0.2) is 42.5 Å². The zero-order valence-electron chi connectivity index (χ0n) is 9.77. The highest BCUT2D eigenvalue weighted by atomic mass is 14.7. The summed E-state index contributed by atoms with van der Waals surface area (Å²) < 4.78 is 0. The fraction of sp³-hybridized carbons (Fsp3) is 0.133. The maximum atomic E-state index is 5.96. The first-order chi connectivity index (χ1) is 8.29. The normalized spacial score (nSPS) is 11.1. The molecule has 0 unspecified atom stereocenters. The molecule has 3 aromatic rings. The number of aromatic nitrogens is 1. The molecule has 17 heavy (non-hydrogen) atoms. The van der Waals surface area contributed by atoms with Gasteiger partial charge in [0.1, 0.15) is 0 Å². The summed E-state index contributed by atoms with van der Waals surface area (Å²) in [5, 5.41) is 2.34. The van der Waals surface area contributed by atoms with Gasteiger partial charge < -0.3 is 5.73 Å². The highest BCUT2D eigenvalue weighted by Gasteiger charge is 2.04. The quantitative estimate of drug-likeness (QED) is 0.505. The Bertz CT molecular complexity index is 702. The molecule has 2 nitrogen and oxygen atoms in total. The average Bonchev–Trinajstić information content (AvgIpc) is 2.36. The van der Waals surface area contributed by atoms with Crippen LogP contribution in [-0.4, -0.2) is 4.98 Å². The molecule has 0 bridgehead atoms. The van der Waals surface area contributed by atoms with Gasteiger partial charge in [-0.15, -0.1) is 0 Å². The lowest BCUT2D eigenvalue weighted by molar-refractivity contribution is 1.16. The lowest BCUT2D eigenvalue weighted by atomic mass is 10.0. The highest BCUT2D eigenvalue weighted by molar-refractivity contribution is 5.98. The van der Waals surface area contributed by atoms with Crippen LogP contribution in [0.3, 0.4) is 0 Å². The van der Waals surface area contributed by atoms with E-state index in [2.05, 4.69) is 36.2 Å². The monoisotopic (exact) mass is 222 g/mol. The van der Waals surface area contributed by atoms with Crippen molar-refractivity contribution < 1.29 is 0 Å². The SMILES string of the molecule is CCc1cccc2nc3c(N)cccc3cc12. The minimum Gasteiger partial charge on any atom is -0.397 e. The van der Waals surface area contributed by atoms with Crippen LogP contribution in [0, 0.1) is 0 Å². The minimum absolute atomic E-state index is 0.742. The molecule has 0 radical (unpaired) electrons. The number of rotatable bonds is 1. The second-order valence-corrected chi connectivity index (χ2v) is 4.24. The fourth-order valence-electron chi connectivity index (χ4n) is 2.27. The minimum atomic E-state index is 0.742. The van der Waals surface area contributed by atoms with Crippen LogP contribution >= 0.6 is 0 Å². The van der Waals surface area contributed by atoms with Crippen LogP contribution < -0.4 is 5.73 Å². The Kier molecular flexibility index (Phi) is 2.22. The molecule has 0 aliphatic heterocycles. The summed E-state index contributed by atoms with van der Waals surface area (Å²) in [6, 6.07) is 14.4. The molecule has 2 aromatic carbocycles. The zero-order valence-corrected chi connectivity index (χ0v) is 9.77. The van der Waals surface area contributed by atoms with Crippen molar-refractivity contribution in [3.63, 3.8) is 0 Å². The number of nitrogens with two attached hydrogens (primary N) is 1. The molecule has 0 aliphatic carbocycles. The molecule has 0 saturated heterocycles. The number of para-hydroxylation sites is 1. The number of pyridine rings is 1. The number of anilines is 1. The van der Waals surface area contributed by atoms with Crippen molar-refractivity contribution in [2.75, 3.05) is 5.73 Å². The number of aryl methyl sites for hydroxylation is 1. The summed E-state index contributed by atoms with van der Waals surface area (Å²) in [6.45, 7) is 2.17. The van der Waals surface area contributed by atoms with E-state index in [1.807, 2.05) is 18.2 Å². The largest absolute Gasteiger partial charge is 0.397 e. The van der Waals surface area contributed by atoms with Gasteiger partial charge in [0.05, 0.1) is 16.7 Å². The Balaban J connectivity index is 2.48. The number of hydrogen-bond donors (Lipinski definition) is 1. The van der Waals surface area contributed by atoms with Crippen molar-refractivity contribution in [3.05, 3.63) is 48.0 Å². The first-order valence-corrected chi connectivity index (χ1v) is 5.86. The molecule has 0 saturated carbocycles. The second-order valence-electron chi connectivity index (χ2n) is 4.24. The third-order valence-corrected chi connectivity index (χ3v) is 3.18. The summed E-state index contributed by atoms with van der Waals surface area (Å²) in [4.78, 5) is 4.66. The van der Waals surface area contributed by atoms with E-state index in [-0.39, 0.29) is 0 Å². The first-order valence-electron chi connectivity index (χ1n) is 5.86. The average molecular weight is 222 g/mol. The van der Waals surface area contributed by atoms with Crippen LogP contribution in [0.5, 0.6) is 0 Å². The molecule has 0 amide bonds. The van der Waals surface area contributed by atoms with Gasteiger partial charge in [-0.2, -0.15) is 0 Å². The smallest absolute Gasteiger partial charge is 0.0938 e. The molecular formula is C15H14N2. The lowest BCUT2D eigenvalue weighted by Crippen LogP contribution is -1.92. The number of hydrogen-bond acceptors (Lipinski definition) is 2. The molecule has 2 heteroatoms. The van der Waals surface area contributed by atoms with E-state index in [4.69, 9.17) is 5.73 Å². The summed E-state index contributed by atoms with van der Waals surface area (Å²) in [5.74, 6) is 0. The van der Waals surface area contributed by atoms with Crippen molar-refractivity contribution in [3.8, 4) is 0 Å². The topological polar surface area (TPSA) is 38.9 Å². The Morgan fingerprint density at radius 3 is 2.76 bits per heavy atom. The lowest BCUT2D eigenvalue weighted by Gasteiger charge is -2.07. The molecule has 0 fully saturated rings. The van der Waals surface area contributed by atoms with Gasteiger partial charge in [0.2, 0.25) is 0 Å².